The van der Waals surface area contributed by atoms with Gasteiger partial charge in [0.25, 0.3) is 11.8 Å². The molecule has 2 N–H and O–H groups in total. The Labute approximate surface area is 156 Å². The molecule has 132 valence electrons. The normalized spacial score (nSPS) is 9.89. The van der Waals surface area contributed by atoms with Crippen LogP contribution in [0.3, 0.4) is 0 Å². The molecule has 3 rings (SSSR count). The third-order valence-corrected chi connectivity index (χ3v) is 3.84. The number of aromatic nitrogens is 1. The van der Waals surface area contributed by atoms with Crippen molar-refractivity contribution in [2.75, 3.05) is 5.32 Å². The number of nitrogens with one attached hydrogen (secondary N) is 2. The number of hydrogen-bond donors (Lipinski definition) is 2. The van der Waals surface area contributed by atoms with E-state index in [1.165, 1.54) is 0 Å². The van der Waals surface area contributed by atoms with E-state index in [1.807, 2.05) is 24.3 Å². The zero-order valence-corrected chi connectivity index (χ0v) is 14.3. The highest BCUT2D eigenvalue weighted by atomic mass is 16.2. The van der Waals surface area contributed by atoms with Crippen LogP contribution in [0.25, 0.3) is 0 Å². The third kappa shape index (κ3) is 4.77. The average molecular weight is 356 g/mol. The SMILES string of the molecule is N#Cc1ccc(NC(=O)c2ccc(C(=O)NCc3ccccn3)cc2)cc1. The van der Waals surface area contributed by atoms with E-state index in [-0.39, 0.29) is 11.8 Å². The minimum absolute atomic E-state index is 0.236. The van der Waals surface area contributed by atoms with Gasteiger partial charge in [-0.25, -0.2) is 0 Å². The summed E-state index contributed by atoms with van der Waals surface area (Å²) in [5, 5.41) is 14.3. The topological polar surface area (TPSA) is 94.9 Å². The Morgan fingerprint density at radius 1 is 0.889 bits per heavy atom. The first-order valence-electron chi connectivity index (χ1n) is 8.25. The molecule has 0 atom stereocenters. The van der Waals surface area contributed by atoms with Gasteiger partial charge in [-0.3, -0.25) is 14.6 Å². The van der Waals surface area contributed by atoms with Crippen molar-refractivity contribution in [3.63, 3.8) is 0 Å². The van der Waals surface area contributed by atoms with E-state index in [1.54, 1.807) is 54.7 Å². The maximum atomic E-state index is 12.3. The molecule has 0 aliphatic rings. The standard InChI is InChI=1S/C21H16N4O2/c22-13-15-4-10-18(11-5-15)25-21(27)17-8-6-16(7-9-17)20(26)24-14-19-3-1-2-12-23-19/h1-12H,14H2,(H,24,26)(H,25,27). The van der Waals surface area contributed by atoms with Crippen LogP contribution in [0.4, 0.5) is 5.69 Å². The van der Waals surface area contributed by atoms with Gasteiger partial charge in [-0.2, -0.15) is 5.26 Å². The molecule has 3 aromatic rings. The lowest BCUT2D eigenvalue weighted by atomic mass is 10.1. The van der Waals surface area contributed by atoms with Gasteiger partial charge in [0.05, 0.1) is 23.9 Å². The number of anilines is 1. The lowest BCUT2D eigenvalue weighted by molar-refractivity contribution is 0.0948. The lowest BCUT2D eigenvalue weighted by Crippen LogP contribution is -2.23. The molecule has 0 aliphatic carbocycles. The van der Waals surface area contributed by atoms with Crippen molar-refractivity contribution in [1.29, 1.82) is 5.26 Å². The van der Waals surface area contributed by atoms with Gasteiger partial charge in [-0.1, -0.05) is 6.07 Å². The Balaban J connectivity index is 1.59. The molecule has 0 unspecified atom stereocenters. The zero-order chi connectivity index (χ0) is 19.1. The second-order valence-electron chi connectivity index (χ2n) is 5.72. The molecule has 0 aliphatic heterocycles. The summed E-state index contributed by atoms with van der Waals surface area (Å²) < 4.78 is 0. The molecule has 6 heteroatoms. The average Bonchev–Trinajstić information content (AvgIpc) is 2.73. The highest BCUT2D eigenvalue weighted by molar-refractivity contribution is 6.05. The van der Waals surface area contributed by atoms with Gasteiger partial charge in [-0.15, -0.1) is 0 Å². The quantitative estimate of drug-likeness (QED) is 0.734. The van der Waals surface area contributed by atoms with Gasteiger partial charge < -0.3 is 10.6 Å². The van der Waals surface area contributed by atoms with Gasteiger partial charge in [0, 0.05) is 23.0 Å². The van der Waals surface area contributed by atoms with Crippen LogP contribution < -0.4 is 10.6 Å². The van der Waals surface area contributed by atoms with E-state index in [0.717, 1.165) is 5.69 Å². The summed E-state index contributed by atoms with van der Waals surface area (Å²) in [6.07, 6.45) is 1.67. The fourth-order valence-electron chi connectivity index (χ4n) is 2.38. The van der Waals surface area contributed by atoms with E-state index >= 15 is 0 Å². The van der Waals surface area contributed by atoms with Gasteiger partial charge in [-0.05, 0) is 60.7 Å². The van der Waals surface area contributed by atoms with E-state index in [0.29, 0.717) is 28.9 Å². The van der Waals surface area contributed by atoms with Gasteiger partial charge in [0.2, 0.25) is 0 Å². The number of hydrogen-bond acceptors (Lipinski definition) is 4. The van der Waals surface area contributed by atoms with Crippen molar-refractivity contribution < 1.29 is 9.59 Å². The van der Waals surface area contributed by atoms with Crippen LogP contribution in [0.1, 0.15) is 32.0 Å². The molecule has 6 nitrogen and oxygen atoms in total. The van der Waals surface area contributed by atoms with Crippen LogP contribution in [0, 0.1) is 11.3 Å². The first-order chi connectivity index (χ1) is 13.2. The number of carbonyl (C=O) groups excluding carboxylic acids is 2. The number of benzene rings is 2. The van der Waals surface area contributed by atoms with E-state index < -0.39 is 0 Å². The summed E-state index contributed by atoms with van der Waals surface area (Å²) in [5.74, 6) is -0.528. The number of pyridine rings is 1. The molecule has 1 heterocycles. The summed E-state index contributed by atoms with van der Waals surface area (Å²) in [6, 6.07) is 20.5. The molecule has 2 aromatic carbocycles. The maximum absolute atomic E-state index is 12.3. The summed E-state index contributed by atoms with van der Waals surface area (Å²) in [5.41, 5.74) is 2.77. The molecule has 1 aromatic heterocycles. The molecular weight excluding hydrogens is 340 g/mol. The summed E-state index contributed by atoms with van der Waals surface area (Å²) in [6.45, 7) is 0.334. The molecule has 0 fully saturated rings. The Kier molecular flexibility index (Phi) is 5.55. The Morgan fingerprint density at radius 2 is 1.56 bits per heavy atom. The largest absolute Gasteiger partial charge is 0.346 e. The Bertz CT molecular complexity index is 975. The van der Waals surface area contributed by atoms with Crippen LogP contribution >= 0.6 is 0 Å². The second kappa shape index (κ2) is 8.41. The fourth-order valence-corrected chi connectivity index (χ4v) is 2.38. The van der Waals surface area contributed by atoms with Crippen LogP contribution in [0.5, 0.6) is 0 Å². The summed E-state index contributed by atoms with van der Waals surface area (Å²) >= 11 is 0. The highest BCUT2D eigenvalue weighted by Crippen LogP contribution is 2.12. The summed E-state index contributed by atoms with van der Waals surface area (Å²) in [7, 11) is 0. The lowest BCUT2D eigenvalue weighted by Gasteiger charge is -2.07. The van der Waals surface area contributed by atoms with Crippen molar-refractivity contribution in [1.82, 2.24) is 10.3 Å². The molecule has 0 spiro atoms. The van der Waals surface area contributed by atoms with Crippen molar-refractivity contribution in [2.45, 2.75) is 6.54 Å². The van der Waals surface area contributed by atoms with Crippen LogP contribution in [0.15, 0.2) is 72.9 Å². The van der Waals surface area contributed by atoms with Gasteiger partial charge in [0.15, 0.2) is 0 Å². The van der Waals surface area contributed by atoms with Crippen molar-refractivity contribution in [3.8, 4) is 6.07 Å². The molecule has 0 saturated heterocycles. The van der Waals surface area contributed by atoms with Crippen molar-refractivity contribution >= 4 is 17.5 Å². The third-order valence-electron chi connectivity index (χ3n) is 3.84. The number of rotatable bonds is 5. The molecule has 2 amide bonds. The number of nitrogens with zero attached hydrogens (tertiary/aromatic N) is 2. The second-order valence-corrected chi connectivity index (χ2v) is 5.72. The van der Waals surface area contributed by atoms with Gasteiger partial charge >= 0.3 is 0 Å². The van der Waals surface area contributed by atoms with Gasteiger partial charge in [0.1, 0.15) is 0 Å². The maximum Gasteiger partial charge on any atom is 0.255 e. The monoisotopic (exact) mass is 356 g/mol. The first-order valence-corrected chi connectivity index (χ1v) is 8.25. The van der Waals surface area contributed by atoms with Crippen molar-refractivity contribution in [2.24, 2.45) is 0 Å². The molecule has 0 radical (unpaired) electrons. The van der Waals surface area contributed by atoms with Crippen LogP contribution in [-0.2, 0) is 6.54 Å². The van der Waals surface area contributed by atoms with E-state index in [4.69, 9.17) is 5.26 Å². The summed E-state index contributed by atoms with van der Waals surface area (Å²) in [4.78, 5) is 28.6. The smallest absolute Gasteiger partial charge is 0.255 e. The predicted molar refractivity (Wildman–Crippen MR) is 101 cm³/mol. The van der Waals surface area contributed by atoms with Crippen LogP contribution in [0.2, 0.25) is 0 Å². The Hall–Kier alpha value is -3.98. The van der Waals surface area contributed by atoms with Crippen LogP contribution in [-0.4, -0.2) is 16.8 Å². The number of nitriles is 1. The molecule has 27 heavy (non-hydrogen) atoms. The molecule has 0 saturated carbocycles. The van der Waals surface area contributed by atoms with E-state index in [2.05, 4.69) is 15.6 Å². The highest BCUT2D eigenvalue weighted by Gasteiger charge is 2.09. The molecular formula is C21H16N4O2. The minimum Gasteiger partial charge on any atom is -0.346 e. The number of carbonyl (C=O) groups is 2. The number of amides is 2. The Morgan fingerprint density at radius 3 is 2.15 bits per heavy atom. The predicted octanol–water partition coefficient (Wildman–Crippen LogP) is 3.14. The van der Waals surface area contributed by atoms with Crippen molar-refractivity contribution in [3.05, 3.63) is 95.3 Å². The minimum atomic E-state index is -0.292. The first kappa shape index (κ1) is 17.8. The zero-order valence-electron chi connectivity index (χ0n) is 14.3. The van der Waals surface area contributed by atoms with E-state index in [9.17, 15) is 9.59 Å². The molecule has 0 bridgehead atoms. The fraction of sp³-hybridized carbons (Fsp3) is 0.0476.